The highest BCUT2D eigenvalue weighted by molar-refractivity contribution is 5.94. The average molecular weight is 271 g/mol. The quantitative estimate of drug-likeness (QED) is 0.880. The number of benzene rings is 1. The van der Waals surface area contributed by atoms with Crippen LogP contribution in [-0.2, 0) is 0 Å². The number of aromatic hydroxyl groups is 1. The first-order valence-electron chi connectivity index (χ1n) is 6.59. The summed E-state index contributed by atoms with van der Waals surface area (Å²) in [4.78, 5) is 14.0. The molecule has 104 valence electrons. The van der Waals surface area contributed by atoms with E-state index < -0.39 is 0 Å². The van der Waals surface area contributed by atoms with Crippen LogP contribution >= 0.6 is 0 Å². The zero-order valence-electron chi connectivity index (χ0n) is 11.6. The summed E-state index contributed by atoms with van der Waals surface area (Å²) in [7, 11) is 0. The maximum atomic E-state index is 12.2. The Morgan fingerprint density at radius 2 is 1.95 bits per heavy atom. The molecule has 2 aromatic rings. The number of phenolic OH excluding ortho intramolecular Hbond substituents is 1. The molecule has 0 aliphatic carbocycles. The highest BCUT2D eigenvalue weighted by atomic mass is 16.3. The Kier molecular flexibility index (Phi) is 2.78. The highest BCUT2D eigenvalue weighted by Crippen LogP contribution is 2.30. The van der Waals surface area contributed by atoms with Gasteiger partial charge in [-0.2, -0.15) is 5.10 Å². The van der Waals surface area contributed by atoms with Crippen LogP contribution in [0, 0.1) is 5.41 Å². The summed E-state index contributed by atoms with van der Waals surface area (Å²) in [6.07, 6.45) is 0. The second kappa shape index (κ2) is 4.37. The van der Waals surface area contributed by atoms with Crippen molar-refractivity contribution < 1.29 is 9.90 Å². The van der Waals surface area contributed by atoms with Crippen LogP contribution in [0.25, 0.3) is 11.3 Å². The molecule has 1 saturated heterocycles. The number of H-pyrrole nitrogens is 1. The van der Waals surface area contributed by atoms with Crippen LogP contribution in [0.4, 0.5) is 0 Å². The summed E-state index contributed by atoms with van der Waals surface area (Å²) in [5.74, 6) is 0.199. The smallest absolute Gasteiger partial charge is 0.271 e. The number of aromatic amines is 1. The second-order valence-corrected chi connectivity index (χ2v) is 6.04. The fourth-order valence-corrected chi connectivity index (χ4v) is 2.51. The van der Waals surface area contributed by atoms with Gasteiger partial charge in [0.05, 0.1) is 5.69 Å². The van der Waals surface area contributed by atoms with Crippen molar-refractivity contribution in [3.8, 4) is 17.0 Å². The Hall–Kier alpha value is -2.30. The lowest BCUT2D eigenvalue weighted by Gasteiger charge is -2.45. The van der Waals surface area contributed by atoms with Crippen LogP contribution in [0.1, 0.15) is 24.3 Å². The fraction of sp³-hybridized carbons (Fsp3) is 0.333. The van der Waals surface area contributed by atoms with E-state index in [1.54, 1.807) is 30.3 Å². The van der Waals surface area contributed by atoms with E-state index >= 15 is 0 Å². The van der Waals surface area contributed by atoms with Crippen LogP contribution in [0.2, 0.25) is 0 Å². The maximum absolute atomic E-state index is 12.2. The van der Waals surface area contributed by atoms with E-state index in [2.05, 4.69) is 24.0 Å². The summed E-state index contributed by atoms with van der Waals surface area (Å²) >= 11 is 0. The molecule has 5 heteroatoms. The number of nitrogens with zero attached hydrogens (tertiary/aromatic N) is 2. The number of likely N-dealkylation sites (tertiary alicyclic amines) is 1. The maximum Gasteiger partial charge on any atom is 0.271 e. The van der Waals surface area contributed by atoms with Crippen LogP contribution < -0.4 is 0 Å². The lowest BCUT2D eigenvalue weighted by Crippen LogP contribution is -2.55. The predicted octanol–water partition coefficient (Wildman–Crippen LogP) is 2.26. The van der Waals surface area contributed by atoms with Gasteiger partial charge in [-0.25, -0.2) is 0 Å². The standard InChI is InChI=1S/C15H17N3O2/c1-15(2)8-18(9-15)14(20)13-7-12(16-17-13)10-3-5-11(19)6-4-10/h3-7,19H,8-9H2,1-2H3,(H,16,17). The van der Waals surface area contributed by atoms with Crippen LogP contribution in [0.5, 0.6) is 5.75 Å². The van der Waals surface area contributed by atoms with Crippen LogP contribution in [0.3, 0.4) is 0 Å². The van der Waals surface area contributed by atoms with Crippen molar-refractivity contribution >= 4 is 5.91 Å². The molecule has 1 fully saturated rings. The summed E-state index contributed by atoms with van der Waals surface area (Å²) in [5.41, 5.74) is 2.29. The van der Waals surface area contributed by atoms with Gasteiger partial charge in [-0.15, -0.1) is 0 Å². The molecule has 0 saturated carbocycles. The van der Waals surface area contributed by atoms with Crippen molar-refractivity contribution in [2.45, 2.75) is 13.8 Å². The largest absolute Gasteiger partial charge is 0.508 e. The molecule has 0 spiro atoms. The summed E-state index contributed by atoms with van der Waals surface area (Å²) in [6, 6.07) is 8.49. The third-order valence-corrected chi connectivity index (χ3v) is 3.50. The number of carbonyl (C=O) groups is 1. The Bertz CT molecular complexity index is 635. The van der Waals surface area contributed by atoms with E-state index in [1.807, 2.05) is 4.90 Å². The third kappa shape index (κ3) is 2.27. The lowest BCUT2D eigenvalue weighted by atomic mass is 9.84. The van der Waals surface area contributed by atoms with Gasteiger partial charge in [-0.05, 0) is 35.7 Å². The molecule has 1 aliphatic heterocycles. The number of amides is 1. The van der Waals surface area contributed by atoms with Crippen molar-refractivity contribution in [2.24, 2.45) is 5.41 Å². The minimum absolute atomic E-state index is 0.0122. The lowest BCUT2D eigenvalue weighted by molar-refractivity contribution is 0.0231. The van der Waals surface area contributed by atoms with Crippen molar-refractivity contribution in [1.82, 2.24) is 15.1 Å². The van der Waals surface area contributed by atoms with Gasteiger partial charge in [-0.1, -0.05) is 13.8 Å². The molecule has 2 heterocycles. The Morgan fingerprint density at radius 1 is 1.30 bits per heavy atom. The zero-order valence-corrected chi connectivity index (χ0v) is 11.6. The molecule has 1 aliphatic rings. The normalized spacial score (nSPS) is 16.8. The first-order valence-corrected chi connectivity index (χ1v) is 6.59. The van der Waals surface area contributed by atoms with E-state index in [0.717, 1.165) is 18.7 Å². The van der Waals surface area contributed by atoms with E-state index in [-0.39, 0.29) is 17.1 Å². The molecule has 5 nitrogen and oxygen atoms in total. The SMILES string of the molecule is CC1(C)CN(C(=O)c2cc(-c3ccc(O)cc3)n[nH]2)C1. The van der Waals surface area contributed by atoms with Gasteiger partial charge in [0.2, 0.25) is 0 Å². The van der Waals surface area contributed by atoms with Gasteiger partial charge in [-0.3, -0.25) is 9.89 Å². The Balaban J connectivity index is 1.77. The number of nitrogens with one attached hydrogen (secondary N) is 1. The van der Waals surface area contributed by atoms with Gasteiger partial charge < -0.3 is 10.0 Å². The molecule has 1 amide bonds. The average Bonchev–Trinajstić information content (AvgIpc) is 2.85. The molecular formula is C15H17N3O2. The summed E-state index contributed by atoms with van der Waals surface area (Å²) in [6.45, 7) is 5.84. The number of aromatic nitrogens is 2. The molecule has 3 rings (SSSR count). The molecule has 1 aromatic carbocycles. The monoisotopic (exact) mass is 271 g/mol. The van der Waals surface area contributed by atoms with Crippen molar-refractivity contribution in [3.05, 3.63) is 36.0 Å². The number of rotatable bonds is 2. The predicted molar refractivity (Wildman–Crippen MR) is 75.4 cm³/mol. The first-order chi connectivity index (χ1) is 9.44. The van der Waals surface area contributed by atoms with E-state index in [0.29, 0.717) is 11.4 Å². The fourth-order valence-electron chi connectivity index (χ4n) is 2.51. The molecule has 20 heavy (non-hydrogen) atoms. The molecule has 0 unspecified atom stereocenters. The molecule has 1 aromatic heterocycles. The van der Waals surface area contributed by atoms with E-state index in [4.69, 9.17) is 0 Å². The van der Waals surface area contributed by atoms with Crippen LogP contribution in [0.15, 0.2) is 30.3 Å². The zero-order chi connectivity index (χ0) is 14.3. The molecule has 2 N–H and O–H groups in total. The second-order valence-electron chi connectivity index (χ2n) is 6.04. The van der Waals surface area contributed by atoms with Crippen molar-refractivity contribution in [3.63, 3.8) is 0 Å². The number of phenols is 1. The topological polar surface area (TPSA) is 69.2 Å². The first kappa shape index (κ1) is 12.7. The van der Waals surface area contributed by atoms with Gasteiger partial charge in [0, 0.05) is 18.7 Å². The van der Waals surface area contributed by atoms with Gasteiger partial charge in [0.1, 0.15) is 11.4 Å². The minimum atomic E-state index is -0.0122. The summed E-state index contributed by atoms with van der Waals surface area (Å²) in [5, 5.41) is 16.2. The molecular weight excluding hydrogens is 254 g/mol. The van der Waals surface area contributed by atoms with E-state index in [1.165, 1.54) is 0 Å². The number of carbonyl (C=O) groups excluding carboxylic acids is 1. The van der Waals surface area contributed by atoms with E-state index in [9.17, 15) is 9.90 Å². The Labute approximate surface area is 117 Å². The Morgan fingerprint density at radius 3 is 2.55 bits per heavy atom. The van der Waals surface area contributed by atoms with Gasteiger partial charge >= 0.3 is 0 Å². The molecule has 0 radical (unpaired) electrons. The molecule has 0 atom stereocenters. The van der Waals surface area contributed by atoms with Crippen LogP contribution in [-0.4, -0.2) is 39.2 Å². The number of hydrogen-bond acceptors (Lipinski definition) is 3. The van der Waals surface area contributed by atoms with Gasteiger partial charge in [0.25, 0.3) is 5.91 Å². The minimum Gasteiger partial charge on any atom is -0.508 e. The molecule has 0 bridgehead atoms. The van der Waals surface area contributed by atoms with Crippen molar-refractivity contribution in [2.75, 3.05) is 13.1 Å². The third-order valence-electron chi connectivity index (χ3n) is 3.50. The highest BCUT2D eigenvalue weighted by Gasteiger charge is 2.37. The van der Waals surface area contributed by atoms with Gasteiger partial charge in [0.15, 0.2) is 0 Å². The number of hydrogen-bond donors (Lipinski definition) is 2. The summed E-state index contributed by atoms with van der Waals surface area (Å²) < 4.78 is 0. The van der Waals surface area contributed by atoms with Crippen molar-refractivity contribution in [1.29, 1.82) is 0 Å².